The third-order valence-corrected chi connectivity index (χ3v) is 2.61. The maximum Gasteiger partial charge on any atom is 0.423 e. The lowest BCUT2D eigenvalue weighted by Crippen LogP contribution is -2.09. The molecular weight excluding hydrogens is 259 g/mol. The van der Waals surface area contributed by atoms with Crippen molar-refractivity contribution in [3.63, 3.8) is 0 Å². The molecule has 2 rings (SSSR count). The van der Waals surface area contributed by atoms with E-state index in [-0.39, 0.29) is 0 Å². The maximum atomic E-state index is 12.8. The second-order valence-corrected chi connectivity index (χ2v) is 3.85. The largest absolute Gasteiger partial charge is 0.423 e. The number of halogens is 3. The minimum atomic E-state index is -4.76. The second-order valence-electron chi connectivity index (χ2n) is 3.85. The molecule has 0 atom stereocenters. The van der Waals surface area contributed by atoms with Gasteiger partial charge in [0.1, 0.15) is 5.56 Å². The van der Waals surface area contributed by atoms with E-state index in [0.717, 1.165) is 12.1 Å². The van der Waals surface area contributed by atoms with Gasteiger partial charge in [-0.3, -0.25) is 10.1 Å². The molecule has 0 radical (unpaired) electrons. The molecule has 0 saturated heterocycles. The molecule has 0 fully saturated rings. The van der Waals surface area contributed by atoms with E-state index >= 15 is 0 Å². The highest BCUT2D eigenvalue weighted by Crippen LogP contribution is 2.38. The summed E-state index contributed by atoms with van der Waals surface area (Å²) in [5.74, 6) is 0. The molecule has 2 aromatic carbocycles. The van der Waals surface area contributed by atoms with Gasteiger partial charge in [-0.05, 0) is 23.3 Å². The first kappa shape index (κ1) is 13.1. The Morgan fingerprint density at radius 2 is 1.58 bits per heavy atom. The van der Waals surface area contributed by atoms with Crippen LogP contribution in [-0.2, 0) is 6.18 Å². The van der Waals surface area contributed by atoms with Crippen LogP contribution in [0.4, 0.5) is 18.9 Å². The van der Waals surface area contributed by atoms with Crippen LogP contribution in [0.25, 0.3) is 11.1 Å². The third-order valence-electron chi connectivity index (χ3n) is 2.61. The molecule has 6 heteroatoms. The summed E-state index contributed by atoms with van der Waals surface area (Å²) in [5, 5.41) is 10.6. The van der Waals surface area contributed by atoms with Gasteiger partial charge < -0.3 is 0 Å². The van der Waals surface area contributed by atoms with Crippen molar-refractivity contribution in [3.05, 3.63) is 64.2 Å². The summed E-state index contributed by atoms with van der Waals surface area (Å²) in [5.41, 5.74) is -1.31. The number of nitro groups is 1. The molecule has 19 heavy (non-hydrogen) atoms. The Morgan fingerprint density at radius 1 is 0.947 bits per heavy atom. The average Bonchev–Trinajstić information content (AvgIpc) is 2.38. The van der Waals surface area contributed by atoms with E-state index in [2.05, 4.69) is 0 Å². The minimum Gasteiger partial charge on any atom is -0.258 e. The van der Waals surface area contributed by atoms with Gasteiger partial charge >= 0.3 is 6.18 Å². The Balaban J connectivity index is 2.60. The van der Waals surface area contributed by atoms with E-state index in [1.807, 2.05) is 0 Å². The van der Waals surface area contributed by atoms with Crippen molar-refractivity contribution in [2.75, 3.05) is 0 Å². The topological polar surface area (TPSA) is 43.1 Å². The SMILES string of the molecule is O=[N+]([O-])c1ccc(-c2ccccc2)cc1C(F)(F)F. The van der Waals surface area contributed by atoms with Crippen LogP contribution in [0.15, 0.2) is 48.5 Å². The van der Waals surface area contributed by atoms with Gasteiger partial charge in [-0.15, -0.1) is 0 Å². The summed E-state index contributed by atoms with van der Waals surface area (Å²) in [6, 6.07) is 11.4. The van der Waals surface area contributed by atoms with Gasteiger partial charge in [0.05, 0.1) is 4.92 Å². The third kappa shape index (κ3) is 2.73. The molecule has 0 N–H and O–H groups in total. The van der Waals surface area contributed by atoms with Gasteiger partial charge in [0, 0.05) is 6.07 Å². The van der Waals surface area contributed by atoms with Gasteiger partial charge in [0.2, 0.25) is 0 Å². The molecule has 0 aliphatic carbocycles. The standard InChI is InChI=1S/C13H8F3NO2/c14-13(15,16)11-8-10(6-7-12(11)17(18)19)9-4-2-1-3-5-9/h1-8H. The van der Waals surface area contributed by atoms with E-state index < -0.39 is 22.4 Å². The highest BCUT2D eigenvalue weighted by Gasteiger charge is 2.38. The van der Waals surface area contributed by atoms with Gasteiger partial charge in [-0.1, -0.05) is 30.3 Å². The van der Waals surface area contributed by atoms with Crippen LogP contribution in [0.5, 0.6) is 0 Å². The van der Waals surface area contributed by atoms with Gasteiger partial charge in [0.25, 0.3) is 5.69 Å². The molecule has 0 aromatic heterocycles. The number of hydrogen-bond acceptors (Lipinski definition) is 2. The molecule has 0 aliphatic heterocycles. The summed E-state index contributed by atoms with van der Waals surface area (Å²) in [4.78, 5) is 9.59. The summed E-state index contributed by atoms with van der Waals surface area (Å²) in [7, 11) is 0. The Morgan fingerprint density at radius 3 is 2.11 bits per heavy atom. The molecule has 0 unspecified atom stereocenters. The Kier molecular flexibility index (Phi) is 3.25. The minimum absolute atomic E-state index is 0.290. The van der Waals surface area contributed by atoms with Gasteiger partial charge in [-0.25, -0.2) is 0 Å². The first-order valence-corrected chi connectivity index (χ1v) is 5.30. The number of benzene rings is 2. The van der Waals surface area contributed by atoms with E-state index in [9.17, 15) is 23.3 Å². The lowest BCUT2D eigenvalue weighted by Gasteiger charge is -2.09. The molecular formula is C13H8F3NO2. The van der Waals surface area contributed by atoms with Crippen molar-refractivity contribution in [2.45, 2.75) is 6.18 Å². The first-order valence-electron chi connectivity index (χ1n) is 5.30. The van der Waals surface area contributed by atoms with Gasteiger partial charge in [-0.2, -0.15) is 13.2 Å². The number of alkyl halides is 3. The number of nitro benzene ring substituents is 1. The number of nitrogens with zero attached hydrogens (tertiary/aromatic N) is 1. The Hall–Kier alpha value is -2.37. The monoisotopic (exact) mass is 267 g/mol. The normalized spacial score (nSPS) is 11.3. The maximum absolute atomic E-state index is 12.8. The lowest BCUT2D eigenvalue weighted by molar-refractivity contribution is -0.388. The average molecular weight is 267 g/mol. The molecule has 3 nitrogen and oxygen atoms in total. The molecule has 0 saturated carbocycles. The van der Waals surface area contributed by atoms with Crippen molar-refractivity contribution in [3.8, 4) is 11.1 Å². The van der Waals surface area contributed by atoms with Crippen LogP contribution in [0.2, 0.25) is 0 Å². The van der Waals surface area contributed by atoms with Gasteiger partial charge in [0.15, 0.2) is 0 Å². The first-order chi connectivity index (χ1) is 8.89. The summed E-state index contributed by atoms with van der Waals surface area (Å²) in [6.07, 6.45) is -4.76. The van der Waals surface area contributed by atoms with Crippen LogP contribution in [-0.4, -0.2) is 4.92 Å². The van der Waals surface area contributed by atoms with E-state index in [0.29, 0.717) is 11.1 Å². The lowest BCUT2D eigenvalue weighted by atomic mass is 10.0. The van der Waals surface area contributed by atoms with E-state index in [4.69, 9.17) is 0 Å². The fourth-order valence-electron chi connectivity index (χ4n) is 1.73. The summed E-state index contributed by atoms with van der Waals surface area (Å²) < 4.78 is 38.4. The fourth-order valence-corrected chi connectivity index (χ4v) is 1.73. The molecule has 0 heterocycles. The molecule has 2 aromatic rings. The zero-order valence-electron chi connectivity index (χ0n) is 9.52. The van der Waals surface area contributed by atoms with Crippen molar-refractivity contribution in [1.29, 1.82) is 0 Å². The molecule has 0 bridgehead atoms. The van der Waals surface area contributed by atoms with Crippen molar-refractivity contribution >= 4 is 5.69 Å². The summed E-state index contributed by atoms with van der Waals surface area (Å²) >= 11 is 0. The van der Waals surface area contributed by atoms with Crippen LogP contribution in [0.3, 0.4) is 0 Å². The predicted molar refractivity (Wildman–Crippen MR) is 63.5 cm³/mol. The number of hydrogen-bond donors (Lipinski definition) is 0. The smallest absolute Gasteiger partial charge is 0.258 e. The fraction of sp³-hybridized carbons (Fsp3) is 0.0769. The Bertz CT molecular complexity index is 609. The van der Waals surface area contributed by atoms with Crippen LogP contribution in [0.1, 0.15) is 5.56 Å². The molecule has 98 valence electrons. The quantitative estimate of drug-likeness (QED) is 0.602. The van der Waals surface area contributed by atoms with E-state index in [1.54, 1.807) is 30.3 Å². The van der Waals surface area contributed by atoms with Crippen molar-refractivity contribution in [1.82, 2.24) is 0 Å². The van der Waals surface area contributed by atoms with Crippen molar-refractivity contribution in [2.24, 2.45) is 0 Å². The van der Waals surface area contributed by atoms with Crippen molar-refractivity contribution < 1.29 is 18.1 Å². The van der Waals surface area contributed by atoms with E-state index in [1.165, 1.54) is 6.07 Å². The van der Waals surface area contributed by atoms with Crippen LogP contribution >= 0.6 is 0 Å². The molecule has 0 amide bonds. The van der Waals surface area contributed by atoms with Crippen LogP contribution in [0, 0.1) is 10.1 Å². The highest BCUT2D eigenvalue weighted by molar-refractivity contribution is 5.66. The number of rotatable bonds is 2. The predicted octanol–water partition coefficient (Wildman–Crippen LogP) is 4.28. The second kappa shape index (κ2) is 4.72. The Labute approximate surface area is 106 Å². The zero-order valence-corrected chi connectivity index (χ0v) is 9.52. The van der Waals surface area contributed by atoms with Crippen LogP contribution < -0.4 is 0 Å². The molecule has 0 spiro atoms. The molecule has 0 aliphatic rings. The zero-order chi connectivity index (χ0) is 14.0. The summed E-state index contributed by atoms with van der Waals surface area (Å²) in [6.45, 7) is 0. The highest BCUT2D eigenvalue weighted by atomic mass is 19.4.